The van der Waals surface area contributed by atoms with Gasteiger partial charge in [-0.25, -0.2) is 0 Å². The third kappa shape index (κ3) is 2.82. The van der Waals surface area contributed by atoms with Gasteiger partial charge in [-0.05, 0) is 37.3 Å². The highest BCUT2D eigenvalue weighted by molar-refractivity contribution is 5.20. The van der Waals surface area contributed by atoms with Gasteiger partial charge in [0.25, 0.3) is 0 Å². The third-order valence-corrected chi connectivity index (χ3v) is 3.44. The largest absolute Gasteiger partial charge is 0.314 e. The van der Waals surface area contributed by atoms with Crippen LogP contribution in [0.5, 0.6) is 0 Å². The first-order valence-electron chi connectivity index (χ1n) is 6.18. The minimum absolute atomic E-state index is 0.744. The summed E-state index contributed by atoms with van der Waals surface area (Å²) in [7, 11) is 0. The van der Waals surface area contributed by atoms with Crippen LogP contribution in [0.15, 0.2) is 30.3 Å². The van der Waals surface area contributed by atoms with Crippen molar-refractivity contribution < 1.29 is 0 Å². The SMILES string of the molecule is CCNC1CCCC(c2ccccc2)C1. The van der Waals surface area contributed by atoms with Crippen molar-refractivity contribution in [3.8, 4) is 0 Å². The molecule has 1 heteroatoms. The summed E-state index contributed by atoms with van der Waals surface area (Å²) in [6.45, 7) is 3.30. The molecule has 0 aromatic heterocycles. The zero-order chi connectivity index (χ0) is 10.5. The fourth-order valence-corrected chi connectivity index (χ4v) is 2.69. The molecule has 15 heavy (non-hydrogen) atoms. The molecule has 0 spiro atoms. The van der Waals surface area contributed by atoms with Crippen LogP contribution >= 0.6 is 0 Å². The van der Waals surface area contributed by atoms with Crippen LogP contribution in [0.1, 0.15) is 44.1 Å². The van der Waals surface area contributed by atoms with E-state index in [-0.39, 0.29) is 0 Å². The van der Waals surface area contributed by atoms with E-state index < -0.39 is 0 Å². The Hall–Kier alpha value is -0.820. The van der Waals surface area contributed by atoms with Crippen molar-refractivity contribution in [2.75, 3.05) is 6.54 Å². The fourth-order valence-electron chi connectivity index (χ4n) is 2.69. The zero-order valence-electron chi connectivity index (χ0n) is 9.58. The quantitative estimate of drug-likeness (QED) is 0.794. The van der Waals surface area contributed by atoms with Crippen molar-refractivity contribution in [3.05, 3.63) is 35.9 Å². The van der Waals surface area contributed by atoms with Gasteiger partial charge in [-0.2, -0.15) is 0 Å². The van der Waals surface area contributed by atoms with Crippen molar-refractivity contribution in [1.82, 2.24) is 5.32 Å². The van der Waals surface area contributed by atoms with E-state index in [0.29, 0.717) is 0 Å². The Labute approximate surface area is 92.9 Å². The molecule has 1 aliphatic carbocycles. The average molecular weight is 203 g/mol. The van der Waals surface area contributed by atoms with Gasteiger partial charge in [0.15, 0.2) is 0 Å². The van der Waals surface area contributed by atoms with Crippen LogP contribution in [0.3, 0.4) is 0 Å². The summed E-state index contributed by atoms with van der Waals surface area (Å²) in [6.07, 6.45) is 5.41. The Bertz CT molecular complexity index is 279. The van der Waals surface area contributed by atoms with Crippen LogP contribution < -0.4 is 5.32 Å². The maximum atomic E-state index is 3.58. The molecule has 0 radical (unpaired) electrons. The van der Waals surface area contributed by atoms with Crippen LogP contribution in [-0.4, -0.2) is 12.6 Å². The minimum Gasteiger partial charge on any atom is -0.314 e. The topological polar surface area (TPSA) is 12.0 Å². The predicted octanol–water partition coefficient (Wildman–Crippen LogP) is 3.32. The molecule has 1 nitrogen and oxygen atoms in total. The highest BCUT2D eigenvalue weighted by Gasteiger charge is 2.21. The van der Waals surface area contributed by atoms with Crippen molar-refractivity contribution in [2.45, 2.75) is 44.6 Å². The summed E-state index contributed by atoms with van der Waals surface area (Å²) in [5, 5.41) is 3.58. The van der Waals surface area contributed by atoms with Gasteiger partial charge in [0.1, 0.15) is 0 Å². The maximum Gasteiger partial charge on any atom is 0.00727 e. The molecular formula is C14H21N. The second kappa shape index (κ2) is 5.32. The highest BCUT2D eigenvalue weighted by Crippen LogP contribution is 2.32. The first-order chi connectivity index (χ1) is 7.40. The van der Waals surface area contributed by atoms with Crippen LogP contribution in [0, 0.1) is 0 Å². The number of hydrogen-bond donors (Lipinski definition) is 1. The smallest absolute Gasteiger partial charge is 0.00727 e. The molecular weight excluding hydrogens is 182 g/mol. The van der Waals surface area contributed by atoms with Gasteiger partial charge in [0.05, 0.1) is 0 Å². The Kier molecular flexibility index (Phi) is 3.79. The molecule has 1 aliphatic rings. The number of benzene rings is 1. The summed E-state index contributed by atoms with van der Waals surface area (Å²) in [5.41, 5.74) is 1.53. The van der Waals surface area contributed by atoms with E-state index in [1.54, 1.807) is 0 Å². The molecule has 1 aromatic rings. The standard InChI is InChI=1S/C14H21N/c1-2-15-14-10-6-9-13(11-14)12-7-4-3-5-8-12/h3-5,7-8,13-15H,2,6,9-11H2,1H3. The second-order valence-corrected chi connectivity index (χ2v) is 4.53. The van der Waals surface area contributed by atoms with Crippen LogP contribution in [0.4, 0.5) is 0 Å². The zero-order valence-corrected chi connectivity index (χ0v) is 9.58. The molecule has 1 fully saturated rings. The normalized spacial score (nSPS) is 26.5. The summed E-state index contributed by atoms with van der Waals surface area (Å²) < 4.78 is 0. The molecule has 82 valence electrons. The molecule has 1 saturated carbocycles. The molecule has 1 N–H and O–H groups in total. The lowest BCUT2D eigenvalue weighted by Crippen LogP contribution is -2.33. The molecule has 0 amide bonds. The van der Waals surface area contributed by atoms with Gasteiger partial charge in [0.2, 0.25) is 0 Å². The molecule has 0 saturated heterocycles. The summed E-state index contributed by atoms with van der Waals surface area (Å²) in [6, 6.07) is 11.7. The van der Waals surface area contributed by atoms with Gasteiger partial charge < -0.3 is 5.32 Å². The van der Waals surface area contributed by atoms with Gasteiger partial charge >= 0.3 is 0 Å². The molecule has 2 atom stereocenters. The van der Waals surface area contributed by atoms with Crippen molar-refractivity contribution >= 4 is 0 Å². The van der Waals surface area contributed by atoms with Crippen molar-refractivity contribution in [3.63, 3.8) is 0 Å². The molecule has 0 bridgehead atoms. The van der Waals surface area contributed by atoms with Gasteiger partial charge in [-0.3, -0.25) is 0 Å². The Morgan fingerprint density at radius 1 is 1.20 bits per heavy atom. The first-order valence-corrected chi connectivity index (χ1v) is 6.18. The molecule has 2 rings (SSSR count). The number of rotatable bonds is 3. The Morgan fingerprint density at radius 2 is 2.00 bits per heavy atom. The van der Waals surface area contributed by atoms with Gasteiger partial charge in [-0.1, -0.05) is 43.7 Å². The molecule has 1 aromatic carbocycles. The maximum absolute atomic E-state index is 3.58. The van der Waals surface area contributed by atoms with E-state index in [1.807, 2.05) is 0 Å². The third-order valence-electron chi connectivity index (χ3n) is 3.44. The van der Waals surface area contributed by atoms with Crippen LogP contribution in [0.25, 0.3) is 0 Å². The van der Waals surface area contributed by atoms with E-state index >= 15 is 0 Å². The van der Waals surface area contributed by atoms with Gasteiger partial charge in [-0.15, -0.1) is 0 Å². The van der Waals surface area contributed by atoms with Crippen LogP contribution in [-0.2, 0) is 0 Å². The molecule has 0 heterocycles. The monoisotopic (exact) mass is 203 g/mol. The summed E-state index contributed by atoms with van der Waals surface area (Å²) in [5.74, 6) is 0.781. The second-order valence-electron chi connectivity index (χ2n) is 4.53. The molecule has 0 aliphatic heterocycles. The van der Waals surface area contributed by atoms with Crippen molar-refractivity contribution in [2.24, 2.45) is 0 Å². The van der Waals surface area contributed by atoms with Gasteiger partial charge in [0, 0.05) is 6.04 Å². The minimum atomic E-state index is 0.744. The Morgan fingerprint density at radius 3 is 2.73 bits per heavy atom. The lowest BCUT2D eigenvalue weighted by atomic mass is 9.81. The van der Waals surface area contributed by atoms with Crippen LogP contribution in [0.2, 0.25) is 0 Å². The summed E-state index contributed by atoms with van der Waals surface area (Å²) in [4.78, 5) is 0. The van der Waals surface area contributed by atoms with Crippen molar-refractivity contribution in [1.29, 1.82) is 0 Å². The fraction of sp³-hybridized carbons (Fsp3) is 0.571. The average Bonchev–Trinajstić information content (AvgIpc) is 2.31. The predicted molar refractivity (Wildman–Crippen MR) is 65.1 cm³/mol. The van der Waals surface area contributed by atoms with E-state index in [2.05, 4.69) is 42.6 Å². The van der Waals surface area contributed by atoms with E-state index in [9.17, 15) is 0 Å². The summed E-state index contributed by atoms with van der Waals surface area (Å²) >= 11 is 0. The number of hydrogen-bond acceptors (Lipinski definition) is 1. The van der Waals surface area contributed by atoms with E-state index in [1.165, 1.54) is 31.2 Å². The lowest BCUT2D eigenvalue weighted by Gasteiger charge is -2.29. The number of nitrogens with one attached hydrogen (secondary N) is 1. The lowest BCUT2D eigenvalue weighted by molar-refractivity contribution is 0.344. The highest BCUT2D eigenvalue weighted by atomic mass is 14.9. The van der Waals surface area contributed by atoms with E-state index in [4.69, 9.17) is 0 Å². The molecule has 2 unspecified atom stereocenters. The van der Waals surface area contributed by atoms with E-state index in [0.717, 1.165) is 18.5 Å². The Balaban J connectivity index is 1.98. The first kappa shape index (κ1) is 10.7.